The molecule has 3 aliphatic rings. The number of carbonyl (C=O) groups is 5. The van der Waals surface area contributed by atoms with Crippen LogP contribution in [0.25, 0.3) is 10.9 Å². The standard InChI is InChI=1S/C36H45ClN8O8S/c1-35(2,51)29-19-40-43-45(29)25-17-28(33(49)42-36(30(46)31(38)47)10-12-54(52,53)13-11-36)44(20-25)34(50)27(14-21-6-4-3-5-7-21)41-32(48)23-15-22-8-9-24(37)16-26(22)39-18-23/h8-9,15-16,18-19,21,25,27-28,51H,3-7,10-14,17,20H2,1-2H3,(H2,38,47)(H,41,48)(H,42,49)/t25-,27+,28-/m0/s1. The SMILES string of the molecule is CC(C)(O)c1cnnn1[C@H]1C[C@@H](C(=O)NC2(C(=O)C(N)=O)CCS(=O)(=O)CC2)N(C(=O)[C@@H](CC2CCCCC2)NC(=O)c2cnc3cc(Cl)ccc3c2)C1. The number of fused-ring (bicyclic) bond motifs is 1. The molecule has 6 rings (SSSR count). The Morgan fingerprint density at radius 3 is 2.44 bits per heavy atom. The number of nitrogens with one attached hydrogen (secondary N) is 2. The van der Waals surface area contributed by atoms with E-state index in [1.165, 1.54) is 22.0 Å². The number of sulfone groups is 1. The van der Waals surface area contributed by atoms with Gasteiger partial charge in [-0.3, -0.25) is 29.0 Å². The molecule has 2 saturated heterocycles. The van der Waals surface area contributed by atoms with Gasteiger partial charge in [-0.1, -0.05) is 55.0 Å². The lowest BCUT2D eigenvalue weighted by Crippen LogP contribution is -2.64. The maximum atomic E-state index is 14.8. The highest BCUT2D eigenvalue weighted by Crippen LogP contribution is 2.35. The molecule has 0 spiro atoms. The smallest absolute Gasteiger partial charge is 0.287 e. The Balaban J connectivity index is 1.34. The van der Waals surface area contributed by atoms with Gasteiger partial charge in [-0.25, -0.2) is 13.1 Å². The number of benzene rings is 1. The highest BCUT2D eigenvalue weighted by molar-refractivity contribution is 7.91. The van der Waals surface area contributed by atoms with Crippen LogP contribution in [0.15, 0.2) is 36.7 Å². The van der Waals surface area contributed by atoms with Crippen LogP contribution in [0, 0.1) is 5.92 Å². The second-order valence-corrected chi connectivity index (χ2v) is 18.0. The van der Waals surface area contributed by atoms with Crippen molar-refractivity contribution in [2.45, 2.75) is 101 Å². The summed E-state index contributed by atoms with van der Waals surface area (Å²) in [5.74, 6) is -5.15. The van der Waals surface area contributed by atoms with E-state index < -0.39 is 80.0 Å². The Kier molecular flexibility index (Phi) is 11.1. The lowest BCUT2D eigenvalue weighted by molar-refractivity contribution is -0.145. The van der Waals surface area contributed by atoms with Gasteiger partial charge in [-0.2, -0.15) is 0 Å². The fourth-order valence-corrected chi connectivity index (χ4v) is 9.61. The maximum Gasteiger partial charge on any atom is 0.287 e. The first-order valence-corrected chi connectivity index (χ1v) is 20.3. The summed E-state index contributed by atoms with van der Waals surface area (Å²) < 4.78 is 26.1. The van der Waals surface area contributed by atoms with E-state index in [0.29, 0.717) is 28.0 Å². The Labute approximate surface area is 317 Å². The molecule has 3 atom stereocenters. The molecule has 18 heteroatoms. The van der Waals surface area contributed by atoms with Crippen molar-refractivity contribution in [1.29, 1.82) is 0 Å². The third-order valence-corrected chi connectivity index (χ3v) is 12.8. The molecule has 4 heterocycles. The molecule has 2 aromatic heterocycles. The normalized spacial score (nSPS) is 22.0. The van der Waals surface area contributed by atoms with E-state index in [-0.39, 0.29) is 37.3 Å². The van der Waals surface area contributed by atoms with Crippen molar-refractivity contribution in [3.63, 3.8) is 0 Å². The van der Waals surface area contributed by atoms with Gasteiger partial charge >= 0.3 is 0 Å². The molecule has 16 nitrogen and oxygen atoms in total. The fourth-order valence-electron chi connectivity index (χ4n) is 7.92. The minimum Gasteiger partial charge on any atom is -0.384 e. The first-order valence-electron chi connectivity index (χ1n) is 18.1. The van der Waals surface area contributed by atoms with E-state index in [4.69, 9.17) is 17.3 Å². The van der Waals surface area contributed by atoms with Gasteiger partial charge < -0.3 is 26.4 Å². The van der Waals surface area contributed by atoms with Crippen LogP contribution in [-0.2, 0) is 34.6 Å². The molecule has 3 fully saturated rings. The van der Waals surface area contributed by atoms with E-state index in [2.05, 4.69) is 25.9 Å². The number of hydrogen-bond donors (Lipinski definition) is 4. The number of amides is 4. The zero-order chi connectivity index (χ0) is 39.0. The lowest BCUT2D eigenvalue weighted by Gasteiger charge is -2.37. The van der Waals surface area contributed by atoms with Crippen LogP contribution in [-0.4, -0.2) is 103 Å². The quantitative estimate of drug-likeness (QED) is 0.204. The van der Waals surface area contributed by atoms with Crippen molar-refractivity contribution in [3.8, 4) is 0 Å². The number of aromatic nitrogens is 4. The van der Waals surface area contributed by atoms with Gasteiger partial charge in [0.05, 0.1) is 40.5 Å². The first kappa shape index (κ1) is 39.2. The zero-order valence-corrected chi connectivity index (χ0v) is 31.7. The molecule has 0 bridgehead atoms. The van der Waals surface area contributed by atoms with Crippen molar-refractivity contribution in [3.05, 3.63) is 52.9 Å². The zero-order valence-electron chi connectivity index (χ0n) is 30.2. The van der Waals surface area contributed by atoms with E-state index in [0.717, 1.165) is 32.1 Å². The second-order valence-electron chi connectivity index (χ2n) is 15.3. The number of pyridine rings is 1. The van der Waals surface area contributed by atoms with Crippen LogP contribution in [0.2, 0.25) is 5.02 Å². The van der Waals surface area contributed by atoms with Crippen LogP contribution in [0.3, 0.4) is 0 Å². The monoisotopic (exact) mass is 784 g/mol. The Hall–Kier alpha value is -4.48. The number of rotatable bonds is 11. The summed E-state index contributed by atoms with van der Waals surface area (Å²) in [5, 5.41) is 25.8. The molecule has 290 valence electrons. The number of nitrogens with zero attached hydrogens (tertiary/aromatic N) is 5. The topological polar surface area (TPSA) is 237 Å². The van der Waals surface area contributed by atoms with Gasteiger partial charge in [0, 0.05) is 29.6 Å². The third kappa shape index (κ3) is 8.42. The number of likely N-dealkylation sites (tertiary alicyclic amines) is 1. The number of carbonyl (C=O) groups excluding carboxylic acids is 5. The predicted octanol–water partition coefficient (Wildman–Crippen LogP) is 1.74. The third-order valence-electron chi connectivity index (χ3n) is 10.9. The predicted molar refractivity (Wildman–Crippen MR) is 197 cm³/mol. The molecule has 0 radical (unpaired) electrons. The van der Waals surface area contributed by atoms with Crippen molar-refractivity contribution >= 4 is 61.8 Å². The van der Waals surface area contributed by atoms with Crippen LogP contribution < -0.4 is 16.4 Å². The largest absolute Gasteiger partial charge is 0.384 e. The molecule has 5 N–H and O–H groups in total. The molecular weight excluding hydrogens is 740 g/mol. The molecule has 1 aromatic carbocycles. The summed E-state index contributed by atoms with van der Waals surface area (Å²) in [6, 6.07) is 3.75. The number of ketones is 1. The van der Waals surface area contributed by atoms with Gasteiger partial charge in [0.1, 0.15) is 23.2 Å². The highest BCUT2D eigenvalue weighted by atomic mass is 35.5. The molecule has 54 heavy (non-hydrogen) atoms. The number of halogens is 1. The van der Waals surface area contributed by atoms with Gasteiger partial charge in [0.2, 0.25) is 17.6 Å². The van der Waals surface area contributed by atoms with Gasteiger partial charge in [0.15, 0.2) is 9.84 Å². The molecule has 4 amide bonds. The summed E-state index contributed by atoms with van der Waals surface area (Å²) in [7, 11) is -3.54. The maximum absolute atomic E-state index is 14.8. The number of hydrogen-bond acceptors (Lipinski definition) is 11. The van der Waals surface area contributed by atoms with E-state index in [1.807, 2.05) is 0 Å². The van der Waals surface area contributed by atoms with Crippen LogP contribution in [0.4, 0.5) is 0 Å². The van der Waals surface area contributed by atoms with E-state index in [9.17, 15) is 37.5 Å². The molecule has 1 saturated carbocycles. The summed E-state index contributed by atoms with van der Waals surface area (Å²) in [4.78, 5) is 74.1. The summed E-state index contributed by atoms with van der Waals surface area (Å²) in [5.41, 5.74) is 3.24. The number of nitrogens with two attached hydrogens (primary N) is 1. The first-order chi connectivity index (χ1) is 25.5. The van der Waals surface area contributed by atoms with Crippen LogP contribution in [0.5, 0.6) is 0 Å². The van der Waals surface area contributed by atoms with Gasteiger partial charge in [-0.05, 0) is 57.2 Å². The average molecular weight is 785 g/mol. The lowest BCUT2D eigenvalue weighted by atomic mass is 9.84. The average Bonchev–Trinajstić information content (AvgIpc) is 3.81. The molecule has 3 aromatic rings. The van der Waals surface area contributed by atoms with Crippen molar-refractivity contribution in [2.75, 3.05) is 18.1 Å². The second kappa shape index (κ2) is 15.3. The van der Waals surface area contributed by atoms with Crippen molar-refractivity contribution in [1.82, 2.24) is 35.5 Å². The minimum atomic E-state index is -3.54. The van der Waals surface area contributed by atoms with E-state index in [1.54, 1.807) is 38.1 Å². The van der Waals surface area contributed by atoms with Crippen LogP contribution in [0.1, 0.15) is 93.7 Å². The Morgan fingerprint density at radius 1 is 1.07 bits per heavy atom. The van der Waals surface area contributed by atoms with Crippen molar-refractivity contribution < 1.29 is 37.5 Å². The van der Waals surface area contributed by atoms with Gasteiger partial charge in [0.25, 0.3) is 11.8 Å². The number of aliphatic hydroxyl groups is 1. The number of Topliss-reactive ketones (excluding diaryl/α,β-unsaturated/α-hetero) is 1. The Morgan fingerprint density at radius 2 is 1.78 bits per heavy atom. The number of primary amides is 1. The molecular formula is C36H45ClN8O8S. The summed E-state index contributed by atoms with van der Waals surface area (Å²) in [6.07, 6.45) is 7.06. The Bertz CT molecular complexity index is 2060. The van der Waals surface area contributed by atoms with E-state index >= 15 is 0 Å². The highest BCUT2D eigenvalue weighted by Gasteiger charge is 2.50. The molecule has 1 aliphatic carbocycles. The molecule has 0 unspecified atom stereocenters. The van der Waals surface area contributed by atoms with Gasteiger partial charge in [-0.15, -0.1) is 5.10 Å². The van der Waals surface area contributed by atoms with Crippen LogP contribution >= 0.6 is 11.6 Å². The fraction of sp³-hybridized carbons (Fsp3) is 0.556. The summed E-state index contributed by atoms with van der Waals surface area (Å²) >= 11 is 6.12. The molecule has 2 aliphatic heterocycles. The summed E-state index contributed by atoms with van der Waals surface area (Å²) in [6.45, 7) is 3.02. The van der Waals surface area contributed by atoms with Crippen molar-refractivity contribution in [2.24, 2.45) is 11.7 Å². The minimum absolute atomic E-state index is 0.0373.